The summed E-state index contributed by atoms with van der Waals surface area (Å²) in [6.07, 6.45) is 5.02. The summed E-state index contributed by atoms with van der Waals surface area (Å²) in [5.74, 6) is 2.82. The van der Waals surface area contributed by atoms with Gasteiger partial charge in [-0.05, 0) is 40.9 Å². The van der Waals surface area contributed by atoms with Gasteiger partial charge in [-0.1, -0.05) is 13.3 Å². The fraction of sp³-hybridized carbons (Fsp3) is 0.636. The monoisotopic (exact) mass is 286 g/mol. The van der Waals surface area contributed by atoms with Crippen molar-refractivity contribution < 1.29 is 0 Å². The molecular formula is C11H15BrN2S. The SMILES string of the molecule is CCCCSc1cc(Br)nc(C2CC2)n1. The summed E-state index contributed by atoms with van der Waals surface area (Å²) >= 11 is 5.29. The molecule has 0 saturated heterocycles. The molecule has 2 nitrogen and oxygen atoms in total. The maximum Gasteiger partial charge on any atom is 0.134 e. The summed E-state index contributed by atoms with van der Waals surface area (Å²) in [6, 6.07) is 2.02. The molecular weight excluding hydrogens is 272 g/mol. The van der Waals surface area contributed by atoms with Crippen molar-refractivity contribution in [1.82, 2.24) is 9.97 Å². The molecule has 1 aliphatic carbocycles. The highest BCUT2D eigenvalue weighted by Gasteiger charge is 2.27. The van der Waals surface area contributed by atoms with Crippen molar-refractivity contribution in [3.63, 3.8) is 0 Å². The number of aromatic nitrogens is 2. The molecule has 1 aromatic rings. The van der Waals surface area contributed by atoms with Gasteiger partial charge < -0.3 is 0 Å². The Morgan fingerprint density at radius 2 is 2.27 bits per heavy atom. The fourth-order valence-corrected chi connectivity index (χ4v) is 2.88. The predicted octanol–water partition coefficient (Wildman–Crippen LogP) is 4.01. The Morgan fingerprint density at radius 1 is 1.47 bits per heavy atom. The molecule has 0 bridgehead atoms. The van der Waals surface area contributed by atoms with E-state index in [4.69, 9.17) is 0 Å². The third kappa shape index (κ3) is 3.45. The Morgan fingerprint density at radius 3 is 2.93 bits per heavy atom. The maximum atomic E-state index is 4.59. The molecule has 0 unspecified atom stereocenters. The highest BCUT2D eigenvalue weighted by molar-refractivity contribution is 9.10. The molecule has 82 valence electrons. The van der Waals surface area contributed by atoms with Crippen molar-refractivity contribution in [2.75, 3.05) is 5.75 Å². The molecule has 1 aliphatic rings. The first kappa shape index (κ1) is 11.4. The summed E-state index contributed by atoms with van der Waals surface area (Å²) < 4.78 is 0.929. The van der Waals surface area contributed by atoms with E-state index in [1.807, 2.05) is 17.8 Å². The van der Waals surface area contributed by atoms with Gasteiger partial charge in [-0.3, -0.25) is 0 Å². The van der Waals surface area contributed by atoms with E-state index in [-0.39, 0.29) is 0 Å². The van der Waals surface area contributed by atoms with E-state index in [1.165, 1.54) is 25.7 Å². The summed E-state index contributed by atoms with van der Waals surface area (Å²) in [4.78, 5) is 9.01. The highest BCUT2D eigenvalue weighted by Crippen LogP contribution is 2.39. The fourth-order valence-electron chi connectivity index (χ4n) is 1.33. The lowest BCUT2D eigenvalue weighted by Crippen LogP contribution is -1.95. The molecule has 0 aliphatic heterocycles. The van der Waals surface area contributed by atoms with Crippen LogP contribution in [0.2, 0.25) is 0 Å². The first-order valence-corrected chi connectivity index (χ1v) is 7.24. The van der Waals surface area contributed by atoms with E-state index < -0.39 is 0 Å². The van der Waals surface area contributed by atoms with Gasteiger partial charge in [-0.2, -0.15) is 0 Å². The summed E-state index contributed by atoms with van der Waals surface area (Å²) in [5, 5.41) is 1.12. The third-order valence-corrected chi connectivity index (χ3v) is 3.78. The van der Waals surface area contributed by atoms with Crippen molar-refractivity contribution in [1.29, 1.82) is 0 Å². The molecule has 0 spiro atoms. The van der Waals surface area contributed by atoms with Gasteiger partial charge in [0.1, 0.15) is 15.5 Å². The Balaban J connectivity index is 2.02. The number of thioether (sulfide) groups is 1. The van der Waals surface area contributed by atoms with E-state index in [1.54, 1.807) is 0 Å². The van der Waals surface area contributed by atoms with Gasteiger partial charge in [-0.15, -0.1) is 11.8 Å². The number of rotatable bonds is 5. The van der Waals surface area contributed by atoms with Gasteiger partial charge in [-0.25, -0.2) is 9.97 Å². The second-order valence-corrected chi connectivity index (χ2v) is 5.79. The van der Waals surface area contributed by atoms with Crippen LogP contribution in [0.15, 0.2) is 15.7 Å². The Kier molecular flexibility index (Phi) is 4.03. The lowest BCUT2D eigenvalue weighted by molar-refractivity contribution is 0.860. The zero-order valence-corrected chi connectivity index (χ0v) is 11.3. The van der Waals surface area contributed by atoms with Crippen molar-refractivity contribution >= 4 is 27.7 Å². The molecule has 1 aromatic heterocycles. The lowest BCUT2D eigenvalue weighted by atomic mass is 10.4. The molecule has 2 rings (SSSR count). The number of hydrogen-bond donors (Lipinski definition) is 0. The molecule has 0 amide bonds. The zero-order chi connectivity index (χ0) is 10.7. The van der Waals surface area contributed by atoms with Crippen LogP contribution in [0.1, 0.15) is 44.3 Å². The van der Waals surface area contributed by atoms with Crippen molar-refractivity contribution in [2.45, 2.75) is 43.6 Å². The average molecular weight is 287 g/mol. The van der Waals surface area contributed by atoms with Gasteiger partial charge in [0.05, 0.1) is 0 Å². The van der Waals surface area contributed by atoms with Crippen LogP contribution >= 0.6 is 27.7 Å². The summed E-state index contributed by atoms with van der Waals surface area (Å²) in [7, 11) is 0. The van der Waals surface area contributed by atoms with Crippen molar-refractivity contribution in [3.8, 4) is 0 Å². The molecule has 0 atom stereocenters. The van der Waals surface area contributed by atoms with Gasteiger partial charge >= 0.3 is 0 Å². The standard InChI is InChI=1S/C11H15BrN2S/c1-2-3-6-15-10-7-9(12)13-11(14-10)8-4-5-8/h7-8H,2-6H2,1H3. The lowest BCUT2D eigenvalue weighted by Gasteiger charge is -2.03. The first-order chi connectivity index (χ1) is 7.29. The van der Waals surface area contributed by atoms with Crippen LogP contribution in [0.3, 0.4) is 0 Å². The second kappa shape index (κ2) is 5.30. The van der Waals surface area contributed by atoms with Crippen LogP contribution in [0.4, 0.5) is 0 Å². The van der Waals surface area contributed by atoms with E-state index in [9.17, 15) is 0 Å². The molecule has 4 heteroatoms. The van der Waals surface area contributed by atoms with Gasteiger partial charge in [0.15, 0.2) is 0 Å². The van der Waals surface area contributed by atoms with Crippen LogP contribution in [-0.2, 0) is 0 Å². The summed E-state index contributed by atoms with van der Waals surface area (Å²) in [6.45, 7) is 2.21. The molecule has 0 aromatic carbocycles. The quantitative estimate of drug-likeness (QED) is 0.465. The molecule has 15 heavy (non-hydrogen) atoms. The van der Waals surface area contributed by atoms with Gasteiger partial charge in [0.2, 0.25) is 0 Å². The predicted molar refractivity (Wildman–Crippen MR) is 67.3 cm³/mol. The number of unbranched alkanes of at least 4 members (excludes halogenated alkanes) is 1. The molecule has 0 radical (unpaired) electrons. The van der Waals surface area contributed by atoms with E-state index in [2.05, 4.69) is 32.8 Å². The second-order valence-electron chi connectivity index (χ2n) is 3.86. The minimum absolute atomic E-state index is 0.632. The minimum atomic E-state index is 0.632. The number of halogens is 1. The zero-order valence-electron chi connectivity index (χ0n) is 8.87. The van der Waals surface area contributed by atoms with E-state index >= 15 is 0 Å². The number of nitrogens with zero attached hydrogens (tertiary/aromatic N) is 2. The minimum Gasteiger partial charge on any atom is -0.226 e. The Hall–Kier alpha value is -0.0900. The topological polar surface area (TPSA) is 25.8 Å². The van der Waals surface area contributed by atoms with E-state index in [0.29, 0.717) is 5.92 Å². The molecule has 1 heterocycles. The maximum absolute atomic E-state index is 4.59. The van der Waals surface area contributed by atoms with Crippen LogP contribution in [0.5, 0.6) is 0 Å². The normalized spacial score (nSPS) is 15.6. The highest BCUT2D eigenvalue weighted by atomic mass is 79.9. The first-order valence-electron chi connectivity index (χ1n) is 5.47. The van der Waals surface area contributed by atoms with Gasteiger partial charge in [0.25, 0.3) is 0 Å². The van der Waals surface area contributed by atoms with Crippen molar-refractivity contribution in [2.24, 2.45) is 0 Å². The van der Waals surface area contributed by atoms with Crippen LogP contribution in [0, 0.1) is 0 Å². The largest absolute Gasteiger partial charge is 0.226 e. The molecule has 1 saturated carbocycles. The average Bonchev–Trinajstić information content (AvgIpc) is 3.00. The van der Waals surface area contributed by atoms with Crippen LogP contribution < -0.4 is 0 Å². The molecule has 0 N–H and O–H groups in total. The number of hydrogen-bond acceptors (Lipinski definition) is 3. The smallest absolute Gasteiger partial charge is 0.134 e. The van der Waals surface area contributed by atoms with Crippen molar-refractivity contribution in [3.05, 3.63) is 16.5 Å². The Bertz CT molecular complexity index is 339. The molecule has 1 fully saturated rings. The van der Waals surface area contributed by atoms with Crippen LogP contribution in [0.25, 0.3) is 0 Å². The summed E-state index contributed by atoms with van der Waals surface area (Å²) in [5.41, 5.74) is 0. The van der Waals surface area contributed by atoms with E-state index in [0.717, 1.165) is 21.2 Å². The van der Waals surface area contributed by atoms with Crippen LogP contribution in [-0.4, -0.2) is 15.7 Å². The Labute approximate surface area is 103 Å². The third-order valence-electron chi connectivity index (χ3n) is 2.38. The van der Waals surface area contributed by atoms with Gasteiger partial charge in [0, 0.05) is 12.0 Å².